The summed E-state index contributed by atoms with van der Waals surface area (Å²) in [6, 6.07) is 19.7. The lowest BCUT2D eigenvalue weighted by Crippen LogP contribution is -2.39. The highest BCUT2D eigenvalue weighted by Crippen LogP contribution is 2.41. The van der Waals surface area contributed by atoms with Gasteiger partial charge in [0.2, 0.25) is 0 Å². The van der Waals surface area contributed by atoms with Gasteiger partial charge in [-0.25, -0.2) is 0 Å². The van der Waals surface area contributed by atoms with Gasteiger partial charge in [-0.3, -0.25) is 4.99 Å². The molecule has 0 radical (unpaired) electrons. The van der Waals surface area contributed by atoms with Crippen LogP contribution in [-0.4, -0.2) is 25.6 Å². The van der Waals surface area contributed by atoms with Crippen molar-refractivity contribution in [1.29, 1.82) is 0 Å². The molecule has 0 aromatic heterocycles. The first-order valence-corrected chi connectivity index (χ1v) is 8.34. The van der Waals surface area contributed by atoms with Crippen molar-refractivity contribution in [1.82, 2.24) is 10.6 Å². The Bertz CT molecular complexity index is 670. The third-order valence-electron chi connectivity index (χ3n) is 4.47. The molecule has 0 spiro atoms. The monoisotopic (exact) mass is 435 g/mol. The molecule has 24 heavy (non-hydrogen) atoms. The van der Waals surface area contributed by atoms with Gasteiger partial charge in [-0.05, 0) is 36.5 Å². The smallest absolute Gasteiger partial charge is 0.191 e. The highest BCUT2D eigenvalue weighted by molar-refractivity contribution is 14.0. The first-order valence-electron chi connectivity index (χ1n) is 8.34. The van der Waals surface area contributed by atoms with Gasteiger partial charge < -0.3 is 10.6 Å². The van der Waals surface area contributed by atoms with E-state index in [0.29, 0.717) is 12.0 Å². The summed E-state index contributed by atoms with van der Waals surface area (Å²) in [5.74, 6) is 1.52. The third-order valence-corrected chi connectivity index (χ3v) is 4.47. The number of benzene rings is 2. The van der Waals surface area contributed by atoms with E-state index in [1.807, 2.05) is 7.05 Å². The fourth-order valence-electron chi connectivity index (χ4n) is 3.04. The number of hydrogen-bond acceptors (Lipinski definition) is 1. The first-order chi connectivity index (χ1) is 11.3. The van der Waals surface area contributed by atoms with E-state index in [1.54, 1.807) is 0 Å². The molecule has 0 saturated heterocycles. The Kier molecular flexibility index (Phi) is 7.09. The maximum absolute atomic E-state index is 4.34. The van der Waals surface area contributed by atoms with Crippen LogP contribution < -0.4 is 10.6 Å². The molecule has 2 aromatic carbocycles. The molecule has 1 aliphatic rings. The van der Waals surface area contributed by atoms with Crippen LogP contribution in [0.1, 0.15) is 29.0 Å². The lowest BCUT2D eigenvalue weighted by atomic mass is 10.0. The number of aryl methyl sites for hydroxylation is 1. The zero-order valence-electron chi connectivity index (χ0n) is 14.3. The van der Waals surface area contributed by atoms with Crippen LogP contribution in [0.4, 0.5) is 0 Å². The molecule has 2 N–H and O–H groups in total. The van der Waals surface area contributed by atoms with Crippen LogP contribution in [0.25, 0.3) is 0 Å². The summed E-state index contributed by atoms with van der Waals surface area (Å²) >= 11 is 0. The van der Waals surface area contributed by atoms with Gasteiger partial charge in [-0.2, -0.15) is 0 Å². The largest absolute Gasteiger partial charge is 0.356 e. The van der Waals surface area contributed by atoms with Gasteiger partial charge in [0, 0.05) is 25.6 Å². The molecule has 0 aliphatic heterocycles. The molecular formula is C20H26IN3. The maximum Gasteiger partial charge on any atom is 0.191 e. The Hall–Kier alpha value is -1.56. The second-order valence-electron chi connectivity index (χ2n) is 6.18. The average molecular weight is 435 g/mol. The third kappa shape index (κ3) is 4.97. The summed E-state index contributed by atoms with van der Waals surface area (Å²) < 4.78 is 0. The fourth-order valence-corrected chi connectivity index (χ4v) is 3.04. The van der Waals surface area contributed by atoms with E-state index < -0.39 is 0 Å². The van der Waals surface area contributed by atoms with E-state index in [0.717, 1.165) is 18.9 Å². The van der Waals surface area contributed by atoms with Crippen molar-refractivity contribution in [2.24, 2.45) is 4.99 Å². The summed E-state index contributed by atoms with van der Waals surface area (Å²) in [7, 11) is 1.84. The van der Waals surface area contributed by atoms with Crippen LogP contribution in [-0.2, 0) is 6.42 Å². The maximum atomic E-state index is 4.34. The Balaban J connectivity index is 0.00000208. The fraction of sp³-hybridized carbons (Fsp3) is 0.350. The summed E-state index contributed by atoms with van der Waals surface area (Å²) in [4.78, 5) is 4.34. The molecule has 2 atom stereocenters. The molecule has 2 aromatic rings. The molecule has 3 rings (SSSR count). The van der Waals surface area contributed by atoms with Gasteiger partial charge >= 0.3 is 0 Å². The van der Waals surface area contributed by atoms with Gasteiger partial charge in [0.25, 0.3) is 0 Å². The van der Waals surface area contributed by atoms with Gasteiger partial charge in [0.15, 0.2) is 5.96 Å². The molecular weight excluding hydrogens is 409 g/mol. The minimum Gasteiger partial charge on any atom is -0.356 e. The number of guanidine groups is 1. The standard InChI is InChI=1S/C20H25N3.HI/c1-15-8-6-7-11-17(15)18-14-19(18)23-20(21-2)22-13-12-16-9-4-3-5-10-16;/h3-11,18-19H,12-14H2,1-2H3,(H2,21,22,23);1H. The zero-order valence-corrected chi connectivity index (χ0v) is 16.7. The van der Waals surface area contributed by atoms with Crippen molar-refractivity contribution in [3.8, 4) is 0 Å². The molecule has 0 heterocycles. The lowest BCUT2D eigenvalue weighted by Gasteiger charge is -2.12. The van der Waals surface area contributed by atoms with E-state index in [2.05, 4.69) is 77.1 Å². The minimum absolute atomic E-state index is 0. The average Bonchev–Trinajstić information content (AvgIpc) is 3.34. The van der Waals surface area contributed by atoms with E-state index in [-0.39, 0.29) is 24.0 Å². The van der Waals surface area contributed by atoms with E-state index in [1.165, 1.54) is 23.1 Å². The predicted molar refractivity (Wildman–Crippen MR) is 112 cm³/mol. The summed E-state index contributed by atoms with van der Waals surface area (Å²) in [5, 5.41) is 6.96. The zero-order chi connectivity index (χ0) is 16.1. The molecule has 4 heteroatoms. The molecule has 128 valence electrons. The van der Waals surface area contributed by atoms with Gasteiger partial charge in [0.05, 0.1) is 0 Å². The van der Waals surface area contributed by atoms with Gasteiger partial charge in [0.1, 0.15) is 0 Å². The summed E-state index contributed by atoms with van der Waals surface area (Å²) in [6.45, 7) is 3.09. The summed E-state index contributed by atoms with van der Waals surface area (Å²) in [5.41, 5.74) is 4.19. The summed E-state index contributed by atoms with van der Waals surface area (Å²) in [6.07, 6.45) is 2.19. The van der Waals surface area contributed by atoms with Crippen molar-refractivity contribution < 1.29 is 0 Å². The molecule has 3 nitrogen and oxygen atoms in total. The van der Waals surface area contributed by atoms with Crippen molar-refractivity contribution in [3.05, 3.63) is 71.3 Å². The van der Waals surface area contributed by atoms with Crippen LogP contribution in [0.15, 0.2) is 59.6 Å². The van der Waals surface area contributed by atoms with Crippen molar-refractivity contribution in [2.75, 3.05) is 13.6 Å². The molecule has 1 fully saturated rings. The van der Waals surface area contributed by atoms with Crippen LogP contribution in [0.2, 0.25) is 0 Å². The van der Waals surface area contributed by atoms with Gasteiger partial charge in [-0.15, -0.1) is 24.0 Å². The Labute approximate surface area is 162 Å². The number of nitrogens with one attached hydrogen (secondary N) is 2. The minimum atomic E-state index is 0. The van der Waals surface area contributed by atoms with Gasteiger partial charge in [-0.1, -0.05) is 54.6 Å². The molecule has 1 saturated carbocycles. The number of nitrogens with zero attached hydrogens (tertiary/aromatic N) is 1. The topological polar surface area (TPSA) is 36.4 Å². The quantitative estimate of drug-likeness (QED) is 0.425. The van der Waals surface area contributed by atoms with Crippen molar-refractivity contribution in [3.63, 3.8) is 0 Å². The second kappa shape index (κ2) is 9.06. The molecule has 0 amide bonds. The highest BCUT2D eigenvalue weighted by Gasteiger charge is 2.39. The van der Waals surface area contributed by atoms with Crippen LogP contribution >= 0.6 is 24.0 Å². The van der Waals surface area contributed by atoms with Crippen LogP contribution in [0.3, 0.4) is 0 Å². The SMILES string of the molecule is CN=C(NCCc1ccccc1)NC1CC1c1ccccc1C.I. The molecule has 0 bridgehead atoms. The Morgan fingerprint density at radius 2 is 1.79 bits per heavy atom. The van der Waals surface area contributed by atoms with E-state index >= 15 is 0 Å². The normalized spacial score (nSPS) is 19.3. The molecule has 1 aliphatic carbocycles. The van der Waals surface area contributed by atoms with Crippen LogP contribution in [0.5, 0.6) is 0 Å². The molecule has 2 unspecified atom stereocenters. The predicted octanol–water partition coefficient (Wildman–Crippen LogP) is 3.88. The van der Waals surface area contributed by atoms with Crippen molar-refractivity contribution >= 4 is 29.9 Å². The number of hydrogen-bond donors (Lipinski definition) is 2. The number of halogens is 1. The number of rotatable bonds is 5. The Morgan fingerprint density at radius 1 is 1.08 bits per heavy atom. The lowest BCUT2D eigenvalue weighted by molar-refractivity contribution is 0.779. The van der Waals surface area contributed by atoms with Crippen LogP contribution in [0, 0.1) is 6.92 Å². The van der Waals surface area contributed by atoms with E-state index in [4.69, 9.17) is 0 Å². The highest BCUT2D eigenvalue weighted by atomic mass is 127. The van der Waals surface area contributed by atoms with E-state index in [9.17, 15) is 0 Å². The number of aliphatic imine (C=N–C) groups is 1. The Morgan fingerprint density at radius 3 is 2.50 bits per heavy atom. The first kappa shape index (κ1) is 18.8. The van der Waals surface area contributed by atoms with Crippen molar-refractivity contribution in [2.45, 2.75) is 31.7 Å². The second-order valence-corrected chi connectivity index (χ2v) is 6.18.